The molecule has 1 unspecified atom stereocenters. The second kappa shape index (κ2) is 5.26. The van der Waals surface area contributed by atoms with Crippen LogP contribution in [0.5, 0.6) is 5.75 Å². The van der Waals surface area contributed by atoms with E-state index in [0.717, 1.165) is 30.7 Å². The van der Waals surface area contributed by atoms with Gasteiger partial charge in [-0.25, -0.2) is 0 Å². The van der Waals surface area contributed by atoms with Crippen LogP contribution >= 0.6 is 0 Å². The number of nitrogens with zero attached hydrogens (tertiary/aromatic N) is 1. The van der Waals surface area contributed by atoms with E-state index in [0.29, 0.717) is 0 Å². The minimum absolute atomic E-state index is 0.232. The van der Waals surface area contributed by atoms with Crippen LogP contribution in [0.3, 0.4) is 0 Å². The van der Waals surface area contributed by atoms with Gasteiger partial charge in [-0.15, -0.1) is 0 Å². The molecule has 0 saturated heterocycles. The first-order chi connectivity index (χ1) is 8.26. The molecule has 0 bridgehead atoms. The number of benzene rings is 1. The van der Waals surface area contributed by atoms with E-state index in [4.69, 9.17) is 4.74 Å². The first-order valence-electron chi connectivity index (χ1n) is 6.45. The molecule has 1 heterocycles. The average molecular weight is 231 g/mol. The summed E-state index contributed by atoms with van der Waals surface area (Å²) in [5.41, 5.74) is 2.53. The summed E-state index contributed by atoms with van der Waals surface area (Å²) < 4.78 is 6.16. The predicted molar refractivity (Wildman–Crippen MR) is 72.5 cm³/mol. The quantitative estimate of drug-likeness (QED) is 0.780. The Balaban J connectivity index is 2.37. The molecule has 1 aliphatic rings. The first kappa shape index (κ1) is 12.0. The first-order valence-corrected chi connectivity index (χ1v) is 6.45. The van der Waals surface area contributed by atoms with Gasteiger partial charge in [0, 0.05) is 13.2 Å². The molecule has 1 aromatic rings. The maximum absolute atomic E-state index is 6.16. The largest absolute Gasteiger partial charge is 0.484 e. The SMILES string of the molecule is CCCC1Oc2ccccc2N(C)C=C1CC. The average Bonchev–Trinajstić information content (AvgIpc) is 2.48. The van der Waals surface area contributed by atoms with Crippen molar-refractivity contribution in [3.05, 3.63) is 36.0 Å². The van der Waals surface area contributed by atoms with Crippen LogP contribution < -0.4 is 9.64 Å². The van der Waals surface area contributed by atoms with Gasteiger partial charge in [0.25, 0.3) is 0 Å². The number of anilines is 1. The number of ether oxygens (including phenoxy) is 1. The van der Waals surface area contributed by atoms with Crippen molar-refractivity contribution in [3.63, 3.8) is 0 Å². The summed E-state index contributed by atoms with van der Waals surface area (Å²) in [5, 5.41) is 0. The number of fused-ring (bicyclic) bond motifs is 1. The van der Waals surface area contributed by atoms with Gasteiger partial charge in [0.1, 0.15) is 11.9 Å². The fourth-order valence-corrected chi connectivity index (χ4v) is 2.30. The van der Waals surface area contributed by atoms with Crippen LogP contribution in [0.4, 0.5) is 5.69 Å². The summed E-state index contributed by atoms with van der Waals surface area (Å²) in [6.07, 6.45) is 5.74. The van der Waals surface area contributed by atoms with E-state index >= 15 is 0 Å². The van der Waals surface area contributed by atoms with Crippen molar-refractivity contribution in [2.45, 2.75) is 39.2 Å². The lowest BCUT2D eigenvalue weighted by molar-refractivity contribution is 0.225. The predicted octanol–water partition coefficient (Wildman–Crippen LogP) is 3.98. The zero-order valence-corrected chi connectivity index (χ0v) is 10.9. The van der Waals surface area contributed by atoms with Crippen molar-refractivity contribution in [3.8, 4) is 5.75 Å². The lowest BCUT2D eigenvalue weighted by Crippen LogP contribution is -2.18. The molecule has 0 radical (unpaired) electrons. The molecule has 0 aromatic heterocycles. The lowest BCUT2D eigenvalue weighted by atomic mass is 10.0. The molecule has 1 aliphatic heterocycles. The Morgan fingerprint density at radius 3 is 2.71 bits per heavy atom. The number of hydrogen-bond donors (Lipinski definition) is 0. The second-order valence-electron chi connectivity index (χ2n) is 4.53. The molecular weight excluding hydrogens is 210 g/mol. The van der Waals surface area contributed by atoms with Crippen molar-refractivity contribution in [1.82, 2.24) is 0 Å². The Morgan fingerprint density at radius 1 is 1.24 bits per heavy atom. The molecule has 2 rings (SSSR count). The molecule has 0 aliphatic carbocycles. The summed E-state index contributed by atoms with van der Waals surface area (Å²) >= 11 is 0. The van der Waals surface area contributed by atoms with Crippen molar-refractivity contribution < 1.29 is 4.74 Å². The van der Waals surface area contributed by atoms with E-state index in [-0.39, 0.29) is 6.10 Å². The minimum Gasteiger partial charge on any atom is -0.484 e. The molecule has 2 heteroatoms. The van der Waals surface area contributed by atoms with Gasteiger partial charge in [0.15, 0.2) is 0 Å². The lowest BCUT2D eigenvalue weighted by Gasteiger charge is -2.19. The molecule has 0 N–H and O–H groups in total. The third kappa shape index (κ3) is 2.46. The Morgan fingerprint density at radius 2 is 2.00 bits per heavy atom. The highest BCUT2D eigenvalue weighted by molar-refractivity contribution is 5.61. The van der Waals surface area contributed by atoms with E-state index in [1.54, 1.807) is 0 Å². The molecule has 1 atom stereocenters. The summed E-state index contributed by atoms with van der Waals surface area (Å²) in [6, 6.07) is 8.25. The van der Waals surface area contributed by atoms with E-state index in [1.807, 2.05) is 6.07 Å². The summed E-state index contributed by atoms with van der Waals surface area (Å²) in [7, 11) is 2.09. The Bertz CT molecular complexity index is 411. The normalized spacial score (nSPS) is 19.1. The monoisotopic (exact) mass is 231 g/mol. The van der Waals surface area contributed by atoms with Gasteiger partial charge in [-0.1, -0.05) is 32.4 Å². The van der Waals surface area contributed by atoms with E-state index < -0.39 is 0 Å². The van der Waals surface area contributed by atoms with Gasteiger partial charge >= 0.3 is 0 Å². The van der Waals surface area contributed by atoms with Gasteiger partial charge < -0.3 is 9.64 Å². The van der Waals surface area contributed by atoms with E-state index in [1.165, 1.54) is 5.57 Å². The molecule has 17 heavy (non-hydrogen) atoms. The summed E-state index contributed by atoms with van der Waals surface area (Å²) in [5.74, 6) is 0.994. The number of rotatable bonds is 3. The molecular formula is C15H21NO. The molecule has 0 spiro atoms. The maximum Gasteiger partial charge on any atom is 0.143 e. The number of para-hydroxylation sites is 2. The van der Waals surface area contributed by atoms with Gasteiger partial charge in [-0.05, 0) is 30.5 Å². The fraction of sp³-hybridized carbons (Fsp3) is 0.467. The Labute approximate surface area is 104 Å². The zero-order chi connectivity index (χ0) is 12.3. The molecule has 0 amide bonds. The highest BCUT2D eigenvalue weighted by atomic mass is 16.5. The second-order valence-corrected chi connectivity index (χ2v) is 4.53. The topological polar surface area (TPSA) is 12.5 Å². The highest BCUT2D eigenvalue weighted by Gasteiger charge is 2.21. The molecule has 92 valence electrons. The van der Waals surface area contributed by atoms with Crippen molar-refractivity contribution in [2.24, 2.45) is 0 Å². The van der Waals surface area contributed by atoms with Crippen molar-refractivity contribution in [2.75, 3.05) is 11.9 Å². The van der Waals surface area contributed by atoms with E-state index in [2.05, 4.69) is 50.2 Å². The van der Waals surface area contributed by atoms with Crippen LogP contribution in [0.2, 0.25) is 0 Å². The smallest absolute Gasteiger partial charge is 0.143 e. The van der Waals surface area contributed by atoms with Crippen LogP contribution in [-0.4, -0.2) is 13.2 Å². The van der Waals surface area contributed by atoms with Gasteiger partial charge in [-0.3, -0.25) is 0 Å². The van der Waals surface area contributed by atoms with Gasteiger partial charge in [-0.2, -0.15) is 0 Å². The van der Waals surface area contributed by atoms with Crippen LogP contribution in [0.1, 0.15) is 33.1 Å². The third-order valence-corrected chi connectivity index (χ3v) is 3.25. The maximum atomic E-state index is 6.16. The van der Waals surface area contributed by atoms with Gasteiger partial charge in [0.05, 0.1) is 5.69 Å². The molecule has 2 nitrogen and oxygen atoms in total. The van der Waals surface area contributed by atoms with Crippen molar-refractivity contribution in [1.29, 1.82) is 0 Å². The van der Waals surface area contributed by atoms with E-state index in [9.17, 15) is 0 Å². The zero-order valence-electron chi connectivity index (χ0n) is 10.9. The van der Waals surface area contributed by atoms with Gasteiger partial charge in [0.2, 0.25) is 0 Å². The summed E-state index contributed by atoms with van der Waals surface area (Å²) in [6.45, 7) is 4.40. The van der Waals surface area contributed by atoms with Crippen LogP contribution in [0.15, 0.2) is 36.0 Å². The fourth-order valence-electron chi connectivity index (χ4n) is 2.30. The minimum atomic E-state index is 0.232. The summed E-state index contributed by atoms with van der Waals surface area (Å²) in [4.78, 5) is 2.17. The molecule has 0 saturated carbocycles. The molecule has 1 aromatic carbocycles. The van der Waals surface area contributed by atoms with Crippen LogP contribution in [0.25, 0.3) is 0 Å². The Hall–Kier alpha value is -1.44. The number of hydrogen-bond acceptors (Lipinski definition) is 2. The Kier molecular flexibility index (Phi) is 3.72. The van der Waals surface area contributed by atoms with Crippen LogP contribution in [-0.2, 0) is 0 Å². The molecule has 0 fully saturated rings. The highest BCUT2D eigenvalue weighted by Crippen LogP contribution is 2.34. The standard InChI is InChI=1S/C15H21NO/c1-4-8-14-12(5-2)11-16(3)13-9-6-7-10-15(13)17-14/h6-7,9-11,14H,4-5,8H2,1-3H3. The van der Waals surface area contributed by atoms with Crippen molar-refractivity contribution >= 4 is 5.69 Å². The third-order valence-electron chi connectivity index (χ3n) is 3.25. The van der Waals surface area contributed by atoms with Crippen LogP contribution in [0, 0.1) is 0 Å².